The van der Waals surface area contributed by atoms with Crippen molar-refractivity contribution in [2.45, 2.75) is 18.4 Å². The molecule has 0 radical (unpaired) electrons. The molecule has 1 aromatic carbocycles. The summed E-state index contributed by atoms with van der Waals surface area (Å²) >= 11 is 3.38. The Hall–Kier alpha value is -0.470. The van der Waals surface area contributed by atoms with Gasteiger partial charge in [-0.3, -0.25) is 0 Å². The van der Waals surface area contributed by atoms with E-state index in [9.17, 15) is 8.42 Å². The molecule has 0 aromatic heterocycles. The molecular weight excluding hydrogens is 344 g/mol. The largest absolute Gasteiger partial charge is 0.383 e. The van der Waals surface area contributed by atoms with Crippen LogP contribution < -0.4 is 5.32 Å². The van der Waals surface area contributed by atoms with Crippen LogP contribution in [0.1, 0.15) is 11.1 Å². The number of hydrogen-bond acceptors (Lipinski definition) is 4. The van der Waals surface area contributed by atoms with Crippen LogP contribution in [0.5, 0.6) is 0 Å². The van der Waals surface area contributed by atoms with Crippen LogP contribution in [0.25, 0.3) is 0 Å². The van der Waals surface area contributed by atoms with Gasteiger partial charge in [-0.2, -0.15) is 4.31 Å². The van der Waals surface area contributed by atoms with Crippen LogP contribution in [0.3, 0.4) is 0 Å². The van der Waals surface area contributed by atoms with Crippen molar-refractivity contribution in [1.29, 1.82) is 0 Å². The van der Waals surface area contributed by atoms with Gasteiger partial charge in [0.25, 0.3) is 0 Å². The van der Waals surface area contributed by atoms with Gasteiger partial charge in [-0.1, -0.05) is 6.07 Å². The third-order valence-corrected chi connectivity index (χ3v) is 6.16. The van der Waals surface area contributed by atoms with Gasteiger partial charge in [-0.25, -0.2) is 8.42 Å². The Morgan fingerprint density at radius 2 is 2.05 bits per heavy atom. The van der Waals surface area contributed by atoms with Gasteiger partial charge in [0.1, 0.15) is 0 Å². The molecule has 5 nitrogen and oxygen atoms in total. The first kappa shape index (κ1) is 17.6. The molecule has 0 unspecified atom stereocenters. The Morgan fingerprint density at radius 3 is 2.60 bits per heavy atom. The lowest BCUT2D eigenvalue weighted by Crippen LogP contribution is -2.30. The van der Waals surface area contributed by atoms with Crippen molar-refractivity contribution in [3.63, 3.8) is 0 Å². The van der Waals surface area contributed by atoms with Crippen molar-refractivity contribution in [3.8, 4) is 0 Å². The van der Waals surface area contributed by atoms with Crippen LogP contribution in [0, 0.1) is 6.92 Å². The number of methoxy groups -OCH3 is 1. The number of halogens is 1. The monoisotopic (exact) mass is 364 g/mol. The van der Waals surface area contributed by atoms with E-state index in [2.05, 4.69) is 21.2 Å². The quantitative estimate of drug-likeness (QED) is 0.800. The number of rotatable bonds is 7. The number of nitrogens with one attached hydrogen (secondary N) is 1. The first-order chi connectivity index (χ1) is 9.34. The lowest BCUT2D eigenvalue weighted by Gasteiger charge is -2.19. The van der Waals surface area contributed by atoms with Crippen molar-refractivity contribution in [3.05, 3.63) is 27.7 Å². The van der Waals surface area contributed by atoms with E-state index < -0.39 is 10.0 Å². The second kappa shape index (κ2) is 7.51. The summed E-state index contributed by atoms with van der Waals surface area (Å²) in [5, 5.41) is 3.03. The van der Waals surface area contributed by atoms with E-state index in [1.165, 1.54) is 4.31 Å². The van der Waals surface area contributed by atoms with Crippen LogP contribution in [-0.4, -0.2) is 47.1 Å². The summed E-state index contributed by atoms with van der Waals surface area (Å²) in [6, 6.07) is 3.67. The maximum atomic E-state index is 12.6. The molecule has 0 fully saturated rings. The van der Waals surface area contributed by atoms with Crippen LogP contribution in [0.4, 0.5) is 0 Å². The van der Waals surface area contributed by atoms with E-state index in [4.69, 9.17) is 4.74 Å². The fourth-order valence-electron chi connectivity index (χ4n) is 1.81. The summed E-state index contributed by atoms with van der Waals surface area (Å²) in [5.41, 5.74) is 1.84. The second-order valence-electron chi connectivity index (χ2n) is 4.57. The highest BCUT2D eigenvalue weighted by Gasteiger charge is 2.24. The van der Waals surface area contributed by atoms with E-state index in [1.807, 2.05) is 20.0 Å². The number of ether oxygens (including phenoxy) is 1. The number of likely N-dealkylation sites (N-methyl/N-ethyl adjacent to an activating group) is 1. The lowest BCUT2D eigenvalue weighted by molar-refractivity contribution is 0.185. The molecule has 1 N–H and O–H groups in total. The number of sulfonamides is 1. The molecule has 7 heteroatoms. The average molecular weight is 365 g/mol. The van der Waals surface area contributed by atoms with E-state index in [-0.39, 0.29) is 0 Å². The van der Waals surface area contributed by atoms with E-state index in [0.717, 1.165) is 11.1 Å². The maximum absolute atomic E-state index is 12.6. The third-order valence-electron chi connectivity index (χ3n) is 2.96. The van der Waals surface area contributed by atoms with Gasteiger partial charge >= 0.3 is 0 Å². The summed E-state index contributed by atoms with van der Waals surface area (Å²) in [5.74, 6) is 0. The molecule has 0 aliphatic carbocycles. The Morgan fingerprint density at radius 1 is 1.40 bits per heavy atom. The predicted octanol–water partition coefficient (Wildman–Crippen LogP) is 1.74. The van der Waals surface area contributed by atoms with E-state index in [1.54, 1.807) is 20.2 Å². The molecule has 0 aliphatic rings. The zero-order valence-electron chi connectivity index (χ0n) is 12.2. The fourth-order valence-corrected chi connectivity index (χ4v) is 3.99. The molecule has 0 saturated heterocycles. The minimum atomic E-state index is -3.53. The summed E-state index contributed by atoms with van der Waals surface area (Å²) in [7, 11) is 1.41. The van der Waals surface area contributed by atoms with Gasteiger partial charge in [0.05, 0.1) is 11.5 Å². The smallest absolute Gasteiger partial charge is 0.244 e. The number of hydrogen-bond donors (Lipinski definition) is 1. The Balaban J connectivity index is 3.22. The highest BCUT2D eigenvalue weighted by molar-refractivity contribution is 9.10. The van der Waals surface area contributed by atoms with Gasteiger partial charge in [-0.15, -0.1) is 0 Å². The Kier molecular flexibility index (Phi) is 6.60. The number of nitrogens with zero attached hydrogens (tertiary/aromatic N) is 1. The van der Waals surface area contributed by atoms with Gasteiger partial charge in [0.15, 0.2) is 0 Å². The summed E-state index contributed by atoms with van der Waals surface area (Å²) in [6.45, 7) is 3.19. The molecular formula is C13H21BrN2O3S. The van der Waals surface area contributed by atoms with Crippen molar-refractivity contribution in [1.82, 2.24) is 9.62 Å². The molecule has 0 saturated carbocycles. The zero-order chi connectivity index (χ0) is 15.3. The number of benzene rings is 1. The molecule has 20 heavy (non-hydrogen) atoms. The van der Waals surface area contributed by atoms with Gasteiger partial charge in [-0.05, 0) is 47.1 Å². The van der Waals surface area contributed by atoms with E-state index in [0.29, 0.717) is 29.1 Å². The normalized spacial score (nSPS) is 12.1. The summed E-state index contributed by atoms with van der Waals surface area (Å²) in [4.78, 5) is 0.293. The first-order valence-electron chi connectivity index (χ1n) is 6.23. The standard InChI is InChI=1S/C13H21BrN2O3S/c1-10-7-11(9-15-2)8-12(13(10)14)20(17,18)16(3)5-6-19-4/h7-8,15H,5-6,9H2,1-4H3. The molecule has 0 heterocycles. The molecule has 114 valence electrons. The molecule has 0 amide bonds. The minimum absolute atomic E-state index is 0.293. The van der Waals surface area contributed by atoms with Crippen LogP contribution in [0.2, 0.25) is 0 Å². The van der Waals surface area contributed by atoms with Crippen LogP contribution in [0.15, 0.2) is 21.5 Å². The molecule has 0 atom stereocenters. The second-order valence-corrected chi connectivity index (χ2v) is 7.38. The molecule has 1 aromatic rings. The molecule has 0 aliphatic heterocycles. The average Bonchev–Trinajstić information content (AvgIpc) is 2.39. The molecule has 0 spiro atoms. The van der Waals surface area contributed by atoms with Crippen molar-refractivity contribution < 1.29 is 13.2 Å². The molecule has 0 bridgehead atoms. The van der Waals surface area contributed by atoms with Gasteiger partial charge < -0.3 is 10.1 Å². The Bertz CT molecular complexity index is 561. The minimum Gasteiger partial charge on any atom is -0.383 e. The number of aryl methyl sites for hydroxylation is 1. The van der Waals surface area contributed by atoms with Gasteiger partial charge in [0, 0.05) is 31.7 Å². The fraction of sp³-hybridized carbons (Fsp3) is 0.538. The molecule has 1 rings (SSSR count). The highest BCUT2D eigenvalue weighted by Crippen LogP contribution is 2.29. The van der Waals surface area contributed by atoms with Crippen molar-refractivity contribution in [2.75, 3.05) is 34.4 Å². The van der Waals surface area contributed by atoms with Crippen molar-refractivity contribution >= 4 is 26.0 Å². The lowest BCUT2D eigenvalue weighted by atomic mass is 10.1. The predicted molar refractivity (Wildman–Crippen MR) is 83.3 cm³/mol. The SMILES string of the molecule is CNCc1cc(C)c(Br)c(S(=O)(=O)N(C)CCOC)c1. The van der Waals surface area contributed by atoms with Gasteiger partial charge in [0.2, 0.25) is 10.0 Å². The highest BCUT2D eigenvalue weighted by atomic mass is 79.9. The maximum Gasteiger partial charge on any atom is 0.244 e. The summed E-state index contributed by atoms with van der Waals surface area (Å²) in [6.07, 6.45) is 0. The van der Waals surface area contributed by atoms with E-state index >= 15 is 0 Å². The van der Waals surface area contributed by atoms with Crippen LogP contribution in [-0.2, 0) is 21.3 Å². The summed E-state index contributed by atoms with van der Waals surface area (Å²) < 4.78 is 32.0. The first-order valence-corrected chi connectivity index (χ1v) is 8.46. The van der Waals surface area contributed by atoms with Crippen molar-refractivity contribution in [2.24, 2.45) is 0 Å². The third kappa shape index (κ3) is 4.02. The topological polar surface area (TPSA) is 58.6 Å². The zero-order valence-corrected chi connectivity index (χ0v) is 14.6. The Labute approximate surface area is 129 Å². The van der Waals surface area contributed by atoms with Crippen LogP contribution >= 0.6 is 15.9 Å².